The Morgan fingerprint density at radius 1 is 1.47 bits per heavy atom. The van der Waals surface area contributed by atoms with Gasteiger partial charge in [0.05, 0.1) is 0 Å². The highest BCUT2D eigenvalue weighted by Crippen LogP contribution is 2.20. The van der Waals surface area contributed by atoms with Crippen LogP contribution < -0.4 is 10.5 Å². The van der Waals surface area contributed by atoms with E-state index < -0.39 is 10.0 Å². The van der Waals surface area contributed by atoms with E-state index in [0.717, 1.165) is 0 Å². The summed E-state index contributed by atoms with van der Waals surface area (Å²) in [5.74, 6) is 0. The van der Waals surface area contributed by atoms with Gasteiger partial charge in [-0.2, -0.15) is 0 Å². The maximum absolute atomic E-state index is 12.0. The molecule has 1 atom stereocenters. The Balaban J connectivity index is 2.95. The Morgan fingerprint density at radius 2 is 2.12 bits per heavy atom. The first-order valence-corrected chi connectivity index (χ1v) is 6.88. The van der Waals surface area contributed by atoms with Gasteiger partial charge in [0.2, 0.25) is 10.0 Å². The molecular weight excluding hydrogens is 238 g/mol. The van der Waals surface area contributed by atoms with Crippen molar-refractivity contribution >= 4 is 10.0 Å². The second kappa shape index (κ2) is 5.12. The third kappa shape index (κ3) is 3.76. The van der Waals surface area contributed by atoms with Crippen LogP contribution in [0.2, 0.25) is 0 Å². The summed E-state index contributed by atoms with van der Waals surface area (Å²) in [6.07, 6.45) is 2.85. The van der Waals surface area contributed by atoms with Crippen molar-refractivity contribution in [3.8, 4) is 0 Å². The number of nitrogens with one attached hydrogen (secondary N) is 1. The molecule has 0 aliphatic rings. The Bertz CT molecular complexity index is 451. The van der Waals surface area contributed by atoms with Crippen LogP contribution in [0.15, 0.2) is 29.4 Å². The van der Waals surface area contributed by atoms with E-state index in [0.29, 0.717) is 0 Å². The van der Waals surface area contributed by atoms with Crippen molar-refractivity contribution in [2.45, 2.75) is 31.7 Å². The van der Waals surface area contributed by atoms with Gasteiger partial charge in [-0.3, -0.25) is 4.98 Å². The lowest BCUT2D eigenvalue weighted by Gasteiger charge is -2.30. The van der Waals surface area contributed by atoms with Gasteiger partial charge >= 0.3 is 0 Å². The molecular formula is C11H19N3O2S. The van der Waals surface area contributed by atoms with Crippen LogP contribution in [0.5, 0.6) is 0 Å². The number of aromatic nitrogens is 1. The molecule has 0 spiro atoms. The van der Waals surface area contributed by atoms with Crippen LogP contribution in [0.25, 0.3) is 0 Å². The molecule has 0 fully saturated rings. The number of sulfonamides is 1. The largest absolute Gasteiger partial charge is 0.329 e. The van der Waals surface area contributed by atoms with Gasteiger partial charge in [-0.25, -0.2) is 13.1 Å². The molecule has 1 heterocycles. The van der Waals surface area contributed by atoms with Crippen LogP contribution >= 0.6 is 0 Å². The van der Waals surface area contributed by atoms with Crippen LogP contribution in [0, 0.1) is 5.41 Å². The second-order valence-electron chi connectivity index (χ2n) is 4.96. The summed E-state index contributed by atoms with van der Waals surface area (Å²) in [5.41, 5.74) is 5.37. The van der Waals surface area contributed by atoms with Gasteiger partial charge in [0.25, 0.3) is 0 Å². The summed E-state index contributed by atoms with van der Waals surface area (Å²) in [4.78, 5) is 3.95. The number of hydrogen-bond donors (Lipinski definition) is 2. The number of rotatable bonds is 4. The van der Waals surface area contributed by atoms with Crippen molar-refractivity contribution in [1.82, 2.24) is 9.71 Å². The van der Waals surface area contributed by atoms with Crippen molar-refractivity contribution in [3.05, 3.63) is 24.5 Å². The summed E-state index contributed by atoms with van der Waals surface area (Å²) in [6, 6.07) is 2.78. The Kier molecular flexibility index (Phi) is 4.24. The molecule has 3 N–H and O–H groups in total. The monoisotopic (exact) mass is 257 g/mol. The second-order valence-corrected chi connectivity index (χ2v) is 6.68. The minimum absolute atomic E-state index is 0.155. The zero-order chi connectivity index (χ0) is 13.1. The maximum atomic E-state index is 12.0. The molecule has 17 heavy (non-hydrogen) atoms. The molecule has 0 aliphatic heterocycles. The first kappa shape index (κ1) is 14.1. The van der Waals surface area contributed by atoms with Gasteiger partial charge in [0.15, 0.2) is 0 Å². The van der Waals surface area contributed by atoms with Crippen LogP contribution in [0.3, 0.4) is 0 Å². The topological polar surface area (TPSA) is 85.1 Å². The first-order valence-electron chi connectivity index (χ1n) is 5.40. The van der Waals surface area contributed by atoms with Gasteiger partial charge in [-0.1, -0.05) is 20.8 Å². The molecule has 1 rings (SSSR count). The van der Waals surface area contributed by atoms with Gasteiger partial charge in [-0.05, 0) is 17.5 Å². The highest BCUT2D eigenvalue weighted by molar-refractivity contribution is 7.89. The Labute approximate surface area is 102 Å². The third-order valence-electron chi connectivity index (χ3n) is 2.52. The average molecular weight is 257 g/mol. The zero-order valence-corrected chi connectivity index (χ0v) is 11.2. The molecule has 5 nitrogen and oxygen atoms in total. The van der Waals surface area contributed by atoms with Gasteiger partial charge < -0.3 is 5.73 Å². The van der Waals surface area contributed by atoms with E-state index >= 15 is 0 Å². The van der Waals surface area contributed by atoms with Crippen molar-refractivity contribution in [3.63, 3.8) is 0 Å². The minimum Gasteiger partial charge on any atom is -0.329 e. The van der Waals surface area contributed by atoms with Crippen molar-refractivity contribution in [1.29, 1.82) is 0 Å². The van der Waals surface area contributed by atoms with E-state index in [1.54, 1.807) is 6.07 Å². The molecule has 0 amide bonds. The van der Waals surface area contributed by atoms with Crippen LogP contribution in [0.1, 0.15) is 20.8 Å². The standard InChI is InChI=1S/C11H19N3O2S/c1-11(2,3)10(7-12)14-17(15,16)9-5-4-6-13-8-9/h4-6,8,10,14H,7,12H2,1-3H3. The predicted molar refractivity (Wildman–Crippen MR) is 66.9 cm³/mol. The van der Waals surface area contributed by atoms with Gasteiger partial charge in [0, 0.05) is 25.0 Å². The summed E-state index contributed by atoms with van der Waals surface area (Å²) in [6.45, 7) is 6.08. The molecule has 0 radical (unpaired) electrons. The fourth-order valence-electron chi connectivity index (χ4n) is 1.34. The van der Waals surface area contributed by atoms with Crippen molar-refractivity contribution in [2.75, 3.05) is 6.54 Å². The van der Waals surface area contributed by atoms with Crippen LogP contribution in [0.4, 0.5) is 0 Å². The zero-order valence-electron chi connectivity index (χ0n) is 10.3. The lowest BCUT2D eigenvalue weighted by atomic mass is 9.88. The smallest absolute Gasteiger partial charge is 0.242 e. The molecule has 1 aromatic rings. The van der Waals surface area contributed by atoms with Crippen molar-refractivity contribution in [2.24, 2.45) is 11.1 Å². The number of nitrogens with two attached hydrogens (primary N) is 1. The number of pyridine rings is 1. The first-order chi connectivity index (χ1) is 7.77. The quantitative estimate of drug-likeness (QED) is 0.833. The van der Waals surface area contributed by atoms with E-state index in [-0.39, 0.29) is 22.9 Å². The van der Waals surface area contributed by atoms with E-state index in [1.807, 2.05) is 20.8 Å². The maximum Gasteiger partial charge on any atom is 0.242 e. The highest BCUT2D eigenvalue weighted by Gasteiger charge is 2.28. The van der Waals surface area contributed by atoms with Gasteiger partial charge in [-0.15, -0.1) is 0 Å². The average Bonchev–Trinajstić information content (AvgIpc) is 2.25. The molecule has 96 valence electrons. The summed E-state index contributed by atoms with van der Waals surface area (Å²) in [5, 5.41) is 0. The molecule has 1 aromatic heterocycles. The summed E-state index contributed by atoms with van der Waals surface area (Å²) < 4.78 is 26.7. The fourth-order valence-corrected chi connectivity index (χ4v) is 2.76. The third-order valence-corrected chi connectivity index (χ3v) is 3.98. The Hall–Kier alpha value is -0.980. The minimum atomic E-state index is -3.55. The Morgan fingerprint density at radius 3 is 2.53 bits per heavy atom. The molecule has 0 aliphatic carbocycles. The molecule has 0 saturated heterocycles. The molecule has 0 saturated carbocycles. The van der Waals surface area contributed by atoms with E-state index in [4.69, 9.17) is 5.73 Å². The number of hydrogen-bond acceptors (Lipinski definition) is 4. The summed E-state index contributed by atoms with van der Waals surface area (Å²) >= 11 is 0. The van der Waals surface area contributed by atoms with E-state index in [2.05, 4.69) is 9.71 Å². The molecule has 0 aromatic carbocycles. The fraction of sp³-hybridized carbons (Fsp3) is 0.545. The highest BCUT2D eigenvalue weighted by atomic mass is 32.2. The summed E-state index contributed by atoms with van der Waals surface area (Å²) in [7, 11) is -3.55. The normalized spacial score (nSPS) is 14.6. The molecule has 1 unspecified atom stereocenters. The predicted octanol–water partition coefficient (Wildman–Crippen LogP) is 0.733. The molecule has 6 heteroatoms. The van der Waals surface area contributed by atoms with E-state index in [1.165, 1.54) is 18.5 Å². The molecule has 0 bridgehead atoms. The number of nitrogens with zero attached hydrogens (tertiary/aromatic N) is 1. The SMILES string of the molecule is CC(C)(C)C(CN)NS(=O)(=O)c1cccnc1. The van der Waals surface area contributed by atoms with Crippen LogP contribution in [-0.2, 0) is 10.0 Å². The van der Waals surface area contributed by atoms with Gasteiger partial charge in [0.1, 0.15) is 4.90 Å². The van der Waals surface area contributed by atoms with Crippen molar-refractivity contribution < 1.29 is 8.42 Å². The van der Waals surface area contributed by atoms with E-state index in [9.17, 15) is 8.42 Å². The lowest BCUT2D eigenvalue weighted by Crippen LogP contribution is -2.48. The lowest BCUT2D eigenvalue weighted by molar-refractivity contribution is 0.304. The van der Waals surface area contributed by atoms with Crippen LogP contribution in [-0.4, -0.2) is 26.0 Å².